The van der Waals surface area contributed by atoms with Crippen molar-refractivity contribution in [1.82, 2.24) is 19.5 Å². The first kappa shape index (κ1) is 17.0. The fourth-order valence-electron chi connectivity index (χ4n) is 2.68. The lowest BCUT2D eigenvalue weighted by Crippen LogP contribution is -2.32. The van der Waals surface area contributed by atoms with Crippen molar-refractivity contribution in [2.75, 3.05) is 6.61 Å². The second kappa shape index (κ2) is 7.08. The van der Waals surface area contributed by atoms with Gasteiger partial charge in [0.05, 0.1) is 18.8 Å². The van der Waals surface area contributed by atoms with E-state index >= 15 is 0 Å². The number of aromatic nitrogens is 4. The molecule has 138 valence electrons. The standard InChI is InChI=1S/C17H14FN5O4/c18-15-4-2-12(6-20-15)14-3-1-11(5-19-14)9-26-13-7-22-8-16(23(24)25)21-17(22)27-10-13/h1-6,8,13H,7,9-10H2/t13-/m0/s1. The third kappa shape index (κ3) is 3.75. The van der Waals surface area contributed by atoms with Crippen LogP contribution in [0.3, 0.4) is 0 Å². The molecule has 27 heavy (non-hydrogen) atoms. The molecular weight excluding hydrogens is 357 g/mol. The van der Waals surface area contributed by atoms with E-state index in [2.05, 4.69) is 15.0 Å². The van der Waals surface area contributed by atoms with Gasteiger partial charge >= 0.3 is 11.8 Å². The molecule has 0 saturated carbocycles. The van der Waals surface area contributed by atoms with Crippen LogP contribution in [0.1, 0.15) is 5.56 Å². The van der Waals surface area contributed by atoms with Gasteiger partial charge in [-0.1, -0.05) is 6.07 Å². The first-order valence-electron chi connectivity index (χ1n) is 8.11. The summed E-state index contributed by atoms with van der Waals surface area (Å²) in [5.41, 5.74) is 2.26. The van der Waals surface area contributed by atoms with E-state index in [0.29, 0.717) is 18.8 Å². The van der Waals surface area contributed by atoms with Gasteiger partial charge in [0.25, 0.3) is 0 Å². The van der Waals surface area contributed by atoms with Gasteiger partial charge < -0.3 is 19.6 Å². The molecule has 0 amide bonds. The molecule has 0 saturated heterocycles. The normalized spacial score (nSPS) is 15.8. The van der Waals surface area contributed by atoms with Gasteiger partial charge in [-0.15, -0.1) is 0 Å². The molecule has 0 N–H and O–H groups in total. The number of nitro groups is 1. The average Bonchev–Trinajstić information content (AvgIpc) is 3.11. The fraction of sp³-hybridized carbons (Fsp3) is 0.235. The highest BCUT2D eigenvalue weighted by Crippen LogP contribution is 2.23. The molecule has 1 aliphatic rings. The molecule has 0 radical (unpaired) electrons. The molecule has 1 aliphatic heterocycles. The van der Waals surface area contributed by atoms with Crippen LogP contribution in [0.2, 0.25) is 0 Å². The Hall–Kier alpha value is -3.40. The van der Waals surface area contributed by atoms with E-state index < -0.39 is 10.9 Å². The molecule has 1 atom stereocenters. The van der Waals surface area contributed by atoms with Gasteiger partial charge in [0.1, 0.15) is 18.9 Å². The fourth-order valence-corrected chi connectivity index (χ4v) is 2.68. The quantitative estimate of drug-likeness (QED) is 0.385. The minimum atomic E-state index is -0.561. The molecule has 3 aromatic rings. The minimum Gasteiger partial charge on any atom is -0.443 e. The van der Waals surface area contributed by atoms with Crippen LogP contribution in [0.25, 0.3) is 11.3 Å². The number of ether oxygens (including phenoxy) is 2. The third-order valence-electron chi connectivity index (χ3n) is 4.05. The number of pyridine rings is 2. The van der Waals surface area contributed by atoms with Crippen molar-refractivity contribution in [2.24, 2.45) is 0 Å². The molecule has 4 heterocycles. The summed E-state index contributed by atoms with van der Waals surface area (Å²) in [5.74, 6) is -0.787. The number of hydrogen-bond acceptors (Lipinski definition) is 7. The summed E-state index contributed by atoms with van der Waals surface area (Å²) in [4.78, 5) is 22.0. The number of hydrogen-bond donors (Lipinski definition) is 0. The second-order valence-electron chi connectivity index (χ2n) is 5.96. The SMILES string of the molecule is O=[N+]([O-])c1cn2c(n1)OC[C@@H](OCc1ccc(-c3ccc(F)nc3)nc1)C2. The molecule has 0 unspecified atom stereocenters. The smallest absolute Gasteiger partial charge is 0.414 e. The number of nitrogens with zero attached hydrogens (tertiary/aromatic N) is 5. The Morgan fingerprint density at radius 1 is 1.30 bits per heavy atom. The predicted octanol–water partition coefficient (Wildman–Crippen LogP) is 2.37. The van der Waals surface area contributed by atoms with E-state index in [4.69, 9.17) is 9.47 Å². The highest BCUT2D eigenvalue weighted by molar-refractivity contribution is 5.57. The van der Waals surface area contributed by atoms with Crippen molar-refractivity contribution in [2.45, 2.75) is 19.3 Å². The number of rotatable bonds is 5. The maximum atomic E-state index is 12.9. The Morgan fingerprint density at radius 2 is 2.19 bits per heavy atom. The first-order chi connectivity index (χ1) is 13.1. The lowest BCUT2D eigenvalue weighted by atomic mass is 10.1. The zero-order valence-electron chi connectivity index (χ0n) is 14.0. The molecule has 0 aliphatic carbocycles. The van der Waals surface area contributed by atoms with Gasteiger partial charge in [-0.3, -0.25) is 9.55 Å². The highest BCUT2D eigenvalue weighted by atomic mass is 19.1. The van der Waals surface area contributed by atoms with Crippen LogP contribution in [0.5, 0.6) is 6.01 Å². The summed E-state index contributed by atoms with van der Waals surface area (Å²) in [5, 5.41) is 10.8. The molecule has 3 aromatic heterocycles. The second-order valence-corrected chi connectivity index (χ2v) is 5.96. The van der Waals surface area contributed by atoms with Crippen LogP contribution < -0.4 is 4.74 Å². The van der Waals surface area contributed by atoms with Crippen LogP contribution in [-0.4, -0.2) is 37.2 Å². The minimum absolute atomic E-state index is 0.223. The van der Waals surface area contributed by atoms with Crippen LogP contribution in [-0.2, 0) is 17.9 Å². The third-order valence-corrected chi connectivity index (χ3v) is 4.05. The largest absolute Gasteiger partial charge is 0.443 e. The van der Waals surface area contributed by atoms with E-state index in [0.717, 1.165) is 11.1 Å². The van der Waals surface area contributed by atoms with Crippen molar-refractivity contribution < 1.29 is 18.8 Å². The first-order valence-corrected chi connectivity index (χ1v) is 8.11. The molecule has 0 spiro atoms. The van der Waals surface area contributed by atoms with Crippen LogP contribution in [0.15, 0.2) is 42.9 Å². The average molecular weight is 371 g/mol. The number of halogens is 1. The van der Waals surface area contributed by atoms with Gasteiger partial charge in [0.15, 0.2) is 0 Å². The molecule has 4 rings (SSSR count). The molecule has 0 bridgehead atoms. The molecule has 10 heteroatoms. The molecule has 0 fully saturated rings. The van der Waals surface area contributed by atoms with E-state index in [1.165, 1.54) is 18.5 Å². The Kier molecular flexibility index (Phi) is 4.47. The van der Waals surface area contributed by atoms with Gasteiger partial charge in [-0.2, -0.15) is 4.39 Å². The summed E-state index contributed by atoms with van der Waals surface area (Å²) in [6, 6.07) is 6.79. The maximum Gasteiger partial charge on any atom is 0.414 e. The van der Waals surface area contributed by atoms with Crippen molar-refractivity contribution in [3.8, 4) is 17.3 Å². The number of fused-ring (bicyclic) bond motifs is 1. The molecular formula is C17H14FN5O4. The lowest BCUT2D eigenvalue weighted by Gasteiger charge is -2.22. The van der Waals surface area contributed by atoms with Crippen LogP contribution >= 0.6 is 0 Å². The Balaban J connectivity index is 1.36. The van der Waals surface area contributed by atoms with Crippen molar-refractivity contribution in [3.63, 3.8) is 0 Å². The highest BCUT2D eigenvalue weighted by Gasteiger charge is 2.28. The monoisotopic (exact) mass is 371 g/mol. The van der Waals surface area contributed by atoms with Crippen molar-refractivity contribution >= 4 is 5.82 Å². The topological polar surface area (TPSA) is 105 Å². The summed E-state index contributed by atoms with van der Waals surface area (Å²) in [6.45, 7) is 0.999. The maximum absolute atomic E-state index is 12.9. The van der Waals surface area contributed by atoms with Crippen LogP contribution in [0, 0.1) is 16.1 Å². The van der Waals surface area contributed by atoms with Gasteiger partial charge in [-0.05, 0) is 28.7 Å². The summed E-state index contributed by atoms with van der Waals surface area (Å²) in [6.07, 6.45) is 4.18. The van der Waals surface area contributed by atoms with Gasteiger partial charge in [-0.25, -0.2) is 4.98 Å². The zero-order chi connectivity index (χ0) is 18.8. The summed E-state index contributed by atoms with van der Waals surface area (Å²) < 4.78 is 25.7. The zero-order valence-corrected chi connectivity index (χ0v) is 14.0. The molecule has 9 nitrogen and oxygen atoms in total. The van der Waals surface area contributed by atoms with Crippen molar-refractivity contribution in [3.05, 3.63) is 64.5 Å². The Morgan fingerprint density at radius 3 is 2.89 bits per heavy atom. The van der Waals surface area contributed by atoms with E-state index in [9.17, 15) is 14.5 Å². The van der Waals surface area contributed by atoms with E-state index in [1.807, 2.05) is 12.1 Å². The predicted molar refractivity (Wildman–Crippen MR) is 90.4 cm³/mol. The number of imidazole rings is 1. The van der Waals surface area contributed by atoms with Crippen molar-refractivity contribution in [1.29, 1.82) is 0 Å². The van der Waals surface area contributed by atoms with Gasteiger partial charge in [0.2, 0.25) is 5.95 Å². The van der Waals surface area contributed by atoms with E-state index in [1.54, 1.807) is 16.8 Å². The van der Waals surface area contributed by atoms with Gasteiger partial charge in [0, 0.05) is 22.9 Å². The Labute approximate surface area is 152 Å². The Bertz CT molecular complexity index is 958. The van der Waals surface area contributed by atoms with Crippen LogP contribution in [0.4, 0.5) is 10.2 Å². The van der Waals surface area contributed by atoms with E-state index in [-0.39, 0.29) is 24.5 Å². The molecule has 0 aromatic carbocycles. The summed E-state index contributed by atoms with van der Waals surface area (Å²) in [7, 11) is 0. The lowest BCUT2D eigenvalue weighted by molar-refractivity contribution is -0.389. The summed E-state index contributed by atoms with van der Waals surface area (Å²) >= 11 is 0.